The van der Waals surface area contributed by atoms with Gasteiger partial charge >= 0.3 is 0 Å². The Morgan fingerprint density at radius 3 is 2.84 bits per heavy atom. The molecule has 0 aliphatic rings. The van der Waals surface area contributed by atoms with E-state index in [2.05, 4.69) is 10.4 Å². The lowest BCUT2D eigenvalue weighted by Crippen LogP contribution is -2.10. The lowest BCUT2D eigenvalue weighted by atomic mass is 10.1. The van der Waals surface area contributed by atoms with Gasteiger partial charge in [0.2, 0.25) is 0 Å². The molecule has 0 aliphatic carbocycles. The number of nitrogens with one attached hydrogen (secondary N) is 1. The van der Waals surface area contributed by atoms with E-state index in [0.29, 0.717) is 10.8 Å². The van der Waals surface area contributed by atoms with Crippen LogP contribution in [0.2, 0.25) is 5.02 Å². The van der Waals surface area contributed by atoms with Gasteiger partial charge in [-0.1, -0.05) is 23.7 Å². The average Bonchev–Trinajstić information content (AvgIpc) is 2.95. The van der Waals surface area contributed by atoms with Crippen LogP contribution in [0.4, 0.5) is 5.82 Å². The molecule has 19 heavy (non-hydrogen) atoms. The maximum absolute atomic E-state index is 6.27. The topological polar surface area (TPSA) is 50.9 Å². The van der Waals surface area contributed by atoms with Crippen molar-refractivity contribution in [2.45, 2.75) is 6.92 Å². The SMILES string of the molecule is Cc1ccc(Cl)c2cc(-c3cccs3)c(NN)nc12. The van der Waals surface area contributed by atoms with Crippen LogP contribution in [-0.2, 0) is 0 Å². The zero-order valence-electron chi connectivity index (χ0n) is 10.3. The minimum Gasteiger partial charge on any atom is -0.308 e. The zero-order chi connectivity index (χ0) is 13.4. The summed E-state index contributed by atoms with van der Waals surface area (Å²) < 4.78 is 0. The van der Waals surface area contributed by atoms with Gasteiger partial charge in [0, 0.05) is 15.8 Å². The van der Waals surface area contributed by atoms with Crippen LogP contribution in [0.5, 0.6) is 0 Å². The van der Waals surface area contributed by atoms with E-state index in [1.54, 1.807) is 11.3 Å². The summed E-state index contributed by atoms with van der Waals surface area (Å²) in [6.07, 6.45) is 0. The molecule has 2 aromatic heterocycles. The van der Waals surface area contributed by atoms with Gasteiger partial charge in [0.1, 0.15) is 5.82 Å². The number of aryl methyl sites for hydroxylation is 1. The summed E-state index contributed by atoms with van der Waals surface area (Å²) in [6.45, 7) is 2.01. The molecule has 3 aromatic rings. The Morgan fingerprint density at radius 2 is 2.16 bits per heavy atom. The van der Waals surface area contributed by atoms with Crippen LogP contribution < -0.4 is 11.3 Å². The second-order valence-corrected chi connectivity index (χ2v) is 5.62. The molecule has 0 spiro atoms. The quantitative estimate of drug-likeness (QED) is 0.549. The molecule has 0 atom stereocenters. The molecule has 0 saturated heterocycles. The van der Waals surface area contributed by atoms with E-state index in [4.69, 9.17) is 17.4 Å². The summed E-state index contributed by atoms with van der Waals surface area (Å²) in [5.74, 6) is 6.26. The number of nitrogens with zero attached hydrogens (tertiary/aromatic N) is 1. The third-order valence-corrected chi connectivity index (χ3v) is 4.29. The molecule has 0 saturated carbocycles. The molecule has 2 heterocycles. The summed E-state index contributed by atoms with van der Waals surface area (Å²) in [5, 5.41) is 3.68. The summed E-state index contributed by atoms with van der Waals surface area (Å²) >= 11 is 7.92. The van der Waals surface area contributed by atoms with Crippen LogP contribution in [0.25, 0.3) is 21.3 Å². The normalized spacial score (nSPS) is 10.9. The van der Waals surface area contributed by atoms with Crippen LogP contribution in [0.15, 0.2) is 35.7 Å². The van der Waals surface area contributed by atoms with Crippen molar-refractivity contribution in [2.24, 2.45) is 5.84 Å². The standard InChI is InChI=1S/C14H12ClN3S/c1-8-4-5-11(15)9-7-10(12-3-2-6-19-12)14(18-16)17-13(8)9/h2-7H,16H2,1H3,(H,17,18). The fraction of sp³-hybridized carbons (Fsp3) is 0.0714. The van der Waals surface area contributed by atoms with Crippen LogP contribution in [-0.4, -0.2) is 4.98 Å². The van der Waals surface area contributed by atoms with E-state index in [-0.39, 0.29) is 0 Å². The monoisotopic (exact) mass is 289 g/mol. The van der Waals surface area contributed by atoms with E-state index in [0.717, 1.165) is 26.9 Å². The highest BCUT2D eigenvalue weighted by Crippen LogP contribution is 2.35. The minimum atomic E-state index is 0.667. The van der Waals surface area contributed by atoms with Crippen molar-refractivity contribution in [1.29, 1.82) is 0 Å². The van der Waals surface area contributed by atoms with Crippen molar-refractivity contribution in [3.63, 3.8) is 0 Å². The molecule has 0 amide bonds. The highest BCUT2D eigenvalue weighted by Gasteiger charge is 2.12. The number of anilines is 1. The van der Waals surface area contributed by atoms with E-state index in [1.807, 2.05) is 42.6 Å². The second kappa shape index (κ2) is 4.81. The largest absolute Gasteiger partial charge is 0.308 e. The van der Waals surface area contributed by atoms with Crippen molar-refractivity contribution in [3.05, 3.63) is 46.3 Å². The number of aromatic nitrogens is 1. The molecule has 3 N–H and O–H groups in total. The van der Waals surface area contributed by atoms with Crippen molar-refractivity contribution in [2.75, 3.05) is 5.43 Å². The first-order valence-corrected chi connectivity index (χ1v) is 7.07. The van der Waals surface area contributed by atoms with Crippen molar-refractivity contribution in [1.82, 2.24) is 4.98 Å². The summed E-state index contributed by atoms with van der Waals surface area (Å²) in [4.78, 5) is 5.71. The zero-order valence-corrected chi connectivity index (χ0v) is 11.8. The predicted octanol–water partition coefficient (Wildman–Crippen LogP) is 4.21. The van der Waals surface area contributed by atoms with E-state index in [9.17, 15) is 0 Å². The third kappa shape index (κ3) is 2.08. The maximum atomic E-state index is 6.27. The number of thiophene rings is 1. The van der Waals surface area contributed by atoms with Gasteiger partial charge in [-0.2, -0.15) is 0 Å². The molecule has 0 fully saturated rings. The molecular weight excluding hydrogens is 278 g/mol. The highest BCUT2D eigenvalue weighted by atomic mass is 35.5. The number of rotatable bonds is 2. The van der Waals surface area contributed by atoms with Crippen molar-refractivity contribution >= 4 is 39.7 Å². The Labute approximate surface area is 120 Å². The van der Waals surface area contributed by atoms with Crippen LogP contribution in [0.3, 0.4) is 0 Å². The predicted molar refractivity (Wildman–Crippen MR) is 82.6 cm³/mol. The van der Waals surface area contributed by atoms with Crippen molar-refractivity contribution in [3.8, 4) is 10.4 Å². The Hall–Kier alpha value is -1.62. The first-order valence-electron chi connectivity index (χ1n) is 5.81. The average molecular weight is 290 g/mol. The lowest BCUT2D eigenvalue weighted by Gasteiger charge is -2.11. The third-order valence-electron chi connectivity index (χ3n) is 3.06. The fourth-order valence-electron chi connectivity index (χ4n) is 2.09. The summed E-state index contributed by atoms with van der Waals surface area (Å²) in [7, 11) is 0. The molecule has 0 aliphatic heterocycles. The van der Waals surface area contributed by atoms with E-state index >= 15 is 0 Å². The maximum Gasteiger partial charge on any atom is 0.149 e. The summed E-state index contributed by atoms with van der Waals surface area (Å²) in [5.41, 5.74) is 5.60. The second-order valence-electron chi connectivity index (χ2n) is 4.27. The number of hydrazine groups is 1. The molecule has 96 valence electrons. The van der Waals surface area contributed by atoms with Gasteiger partial charge in [-0.25, -0.2) is 10.8 Å². The van der Waals surface area contributed by atoms with Gasteiger partial charge in [0.25, 0.3) is 0 Å². The fourth-order valence-corrected chi connectivity index (χ4v) is 3.04. The molecular formula is C14H12ClN3S. The van der Waals surface area contributed by atoms with Gasteiger partial charge in [-0.3, -0.25) is 0 Å². The van der Waals surface area contributed by atoms with E-state index < -0.39 is 0 Å². The van der Waals surface area contributed by atoms with Crippen molar-refractivity contribution < 1.29 is 0 Å². The number of nitrogens with two attached hydrogens (primary N) is 1. The van der Waals surface area contributed by atoms with Gasteiger partial charge in [0.05, 0.1) is 10.5 Å². The van der Waals surface area contributed by atoms with Gasteiger partial charge in [-0.05, 0) is 36.1 Å². The van der Waals surface area contributed by atoms with Crippen LogP contribution in [0.1, 0.15) is 5.56 Å². The molecule has 1 aromatic carbocycles. The molecule has 3 rings (SSSR count). The number of halogens is 1. The number of nitrogen functional groups attached to an aromatic ring is 1. The number of pyridine rings is 1. The Bertz CT molecular complexity index is 738. The van der Waals surface area contributed by atoms with Gasteiger partial charge in [-0.15, -0.1) is 11.3 Å². The number of benzene rings is 1. The van der Waals surface area contributed by atoms with Gasteiger partial charge < -0.3 is 5.43 Å². The highest BCUT2D eigenvalue weighted by molar-refractivity contribution is 7.13. The molecule has 0 radical (unpaired) electrons. The first kappa shape index (κ1) is 12.4. The van der Waals surface area contributed by atoms with Gasteiger partial charge in [0.15, 0.2) is 0 Å². The minimum absolute atomic E-state index is 0.667. The number of hydrogen-bond acceptors (Lipinski definition) is 4. The first-order chi connectivity index (χ1) is 9.20. The molecule has 5 heteroatoms. The number of hydrogen-bond donors (Lipinski definition) is 2. The Kier molecular flexibility index (Phi) is 3.14. The Balaban J connectivity index is 2.37. The number of fused-ring (bicyclic) bond motifs is 1. The van der Waals surface area contributed by atoms with Crippen LogP contribution >= 0.6 is 22.9 Å². The molecule has 0 bridgehead atoms. The summed E-state index contributed by atoms with van der Waals surface area (Å²) in [6, 6.07) is 9.94. The molecule has 3 nitrogen and oxygen atoms in total. The van der Waals surface area contributed by atoms with E-state index in [1.165, 1.54) is 0 Å². The lowest BCUT2D eigenvalue weighted by molar-refractivity contribution is 1.26. The smallest absolute Gasteiger partial charge is 0.149 e. The molecule has 0 unspecified atom stereocenters. The van der Waals surface area contributed by atoms with Crippen LogP contribution in [0, 0.1) is 6.92 Å². The Morgan fingerprint density at radius 1 is 1.32 bits per heavy atom.